The molecule has 1 atom stereocenters. The van der Waals surface area contributed by atoms with Crippen LogP contribution in [0.15, 0.2) is 24.3 Å². The molecule has 0 spiro atoms. The molecule has 0 aromatic heterocycles. The zero-order valence-corrected chi connectivity index (χ0v) is 8.90. The Balaban J connectivity index is 2.61. The zero-order chi connectivity index (χ0) is 11.3. The van der Waals surface area contributed by atoms with E-state index in [2.05, 4.69) is 0 Å². The molecule has 0 aliphatic rings. The SMILES string of the molecule is COCC(C)OC(=O)c1cccc(N)c1. The molecule has 0 saturated heterocycles. The number of carbonyl (C=O) groups is 1. The summed E-state index contributed by atoms with van der Waals surface area (Å²) in [7, 11) is 1.56. The van der Waals surface area contributed by atoms with E-state index in [1.165, 1.54) is 0 Å². The summed E-state index contributed by atoms with van der Waals surface area (Å²) in [5.74, 6) is -0.383. The minimum atomic E-state index is -0.383. The first kappa shape index (κ1) is 11.5. The maximum absolute atomic E-state index is 11.5. The molecular weight excluding hydrogens is 194 g/mol. The number of benzene rings is 1. The van der Waals surface area contributed by atoms with Crippen LogP contribution in [0.1, 0.15) is 17.3 Å². The molecule has 1 aromatic rings. The molecule has 1 unspecified atom stereocenters. The summed E-state index contributed by atoms with van der Waals surface area (Å²) < 4.78 is 9.97. The van der Waals surface area contributed by atoms with Gasteiger partial charge < -0.3 is 15.2 Å². The lowest BCUT2D eigenvalue weighted by molar-refractivity contribution is 0.0120. The number of ether oxygens (including phenoxy) is 2. The van der Waals surface area contributed by atoms with Crippen LogP contribution in [0.2, 0.25) is 0 Å². The predicted octanol–water partition coefficient (Wildman–Crippen LogP) is 1.46. The lowest BCUT2D eigenvalue weighted by atomic mass is 10.2. The number of nitrogen functional groups attached to an aromatic ring is 1. The van der Waals surface area contributed by atoms with Gasteiger partial charge in [0.2, 0.25) is 0 Å². The summed E-state index contributed by atoms with van der Waals surface area (Å²) in [6.45, 7) is 2.15. The number of hydrogen-bond donors (Lipinski definition) is 1. The first-order valence-electron chi connectivity index (χ1n) is 4.69. The van der Waals surface area contributed by atoms with Crippen molar-refractivity contribution in [1.29, 1.82) is 0 Å². The van der Waals surface area contributed by atoms with Crippen LogP contribution in [0.25, 0.3) is 0 Å². The summed E-state index contributed by atoms with van der Waals surface area (Å²) in [6, 6.07) is 6.68. The number of methoxy groups -OCH3 is 1. The maximum Gasteiger partial charge on any atom is 0.338 e. The van der Waals surface area contributed by atoms with Crippen LogP contribution in [0, 0.1) is 0 Å². The smallest absolute Gasteiger partial charge is 0.338 e. The third-order valence-corrected chi connectivity index (χ3v) is 1.83. The van der Waals surface area contributed by atoms with E-state index in [1.54, 1.807) is 38.3 Å². The molecule has 0 bridgehead atoms. The molecule has 0 fully saturated rings. The second kappa shape index (κ2) is 5.36. The average molecular weight is 209 g/mol. The highest BCUT2D eigenvalue weighted by Gasteiger charge is 2.11. The van der Waals surface area contributed by atoms with Crippen LogP contribution in [0.3, 0.4) is 0 Å². The molecule has 0 heterocycles. The monoisotopic (exact) mass is 209 g/mol. The molecule has 0 aliphatic heterocycles. The summed E-state index contributed by atoms with van der Waals surface area (Å²) in [5, 5.41) is 0. The van der Waals surface area contributed by atoms with Gasteiger partial charge in [-0.15, -0.1) is 0 Å². The number of esters is 1. The molecule has 82 valence electrons. The molecule has 0 aliphatic carbocycles. The Morgan fingerprint density at radius 1 is 1.53 bits per heavy atom. The number of rotatable bonds is 4. The normalized spacial score (nSPS) is 12.1. The molecule has 0 amide bonds. The molecule has 4 nitrogen and oxygen atoms in total. The van der Waals surface area contributed by atoms with Crippen molar-refractivity contribution in [3.63, 3.8) is 0 Å². The predicted molar refractivity (Wildman–Crippen MR) is 57.6 cm³/mol. The van der Waals surface area contributed by atoms with E-state index in [9.17, 15) is 4.79 Å². The molecular formula is C11H15NO3. The topological polar surface area (TPSA) is 61.5 Å². The van der Waals surface area contributed by atoms with E-state index in [0.29, 0.717) is 17.9 Å². The average Bonchev–Trinajstić information content (AvgIpc) is 2.18. The first-order chi connectivity index (χ1) is 7.13. The third kappa shape index (κ3) is 3.59. The van der Waals surface area contributed by atoms with Gasteiger partial charge in [0.15, 0.2) is 0 Å². The number of hydrogen-bond acceptors (Lipinski definition) is 4. The standard InChI is InChI=1S/C11H15NO3/c1-8(7-14-2)15-11(13)9-4-3-5-10(12)6-9/h3-6,8H,7,12H2,1-2H3. The van der Waals surface area contributed by atoms with Crippen LogP contribution >= 0.6 is 0 Å². The van der Waals surface area contributed by atoms with E-state index >= 15 is 0 Å². The molecule has 1 rings (SSSR count). The fourth-order valence-corrected chi connectivity index (χ4v) is 1.19. The Kier molecular flexibility index (Phi) is 4.12. The first-order valence-corrected chi connectivity index (χ1v) is 4.69. The molecule has 2 N–H and O–H groups in total. The molecule has 1 aromatic carbocycles. The molecule has 0 saturated carbocycles. The molecule has 15 heavy (non-hydrogen) atoms. The summed E-state index contributed by atoms with van der Waals surface area (Å²) in [5.41, 5.74) is 6.56. The Hall–Kier alpha value is -1.55. The Bertz CT molecular complexity index is 338. The highest BCUT2D eigenvalue weighted by molar-refractivity contribution is 5.90. The van der Waals surface area contributed by atoms with Gasteiger partial charge in [-0.3, -0.25) is 0 Å². The van der Waals surface area contributed by atoms with Gasteiger partial charge in [-0.05, 0) is 25.1 Å². The van der Waals surface area contributed by atoms with Crippen LogP contribution in [0.5, 0.6) is 0 Å². The van der Waals surface area contributed by atoms with Gasteiger partial charge in [0.05, 0.1) is 12.2 Å². The third-order valence-electron chi connectivity index (χ3n) is 1.83. The van der Waals surface area contributed by atoms with Crippen molar-refractivity contribution in [2.45, 2.75) is 13.0 Å². The summed E-state index contributed by atoms with van der Waals surface area (Å²) >= 11 is 0. The number of carbonyl (C=O) groups excluding carboxylic acids is 1. The molecule has 0 radical (unpaired) electrons. The van der Waals surface area contributed by atoms with Gasteiger partial charge in [-0.2, -0.15) is 0 Å². The Labute approximate surface area is 89.0 Å². The van der Waals surface area contributed by atoms with Crippen molar-refractivity contribution in [3.05, 3.63) is 29.8 Å². The molecule has 4 heteroatoms. The van der Waals surface area contributed by atoms with E-state index in [-0.39, 0.29) is 12.1 Å². The Morgan fingerprint density at radius 3 is 2.87 bits per heavy atom. The van der Waals surface area contributed by atoms with Crippen molar-refractivity contribution >= 4 is 11.7 Å². The van der Waals surface area contributed by atoms with Gasteiger partial charge in [0.25, 0.3) is 0 Å². The van der Waals surface area contributed by atoms with Crippen molar-refractivity contribution in [1.82, 2.24) is 0 Å². The van der Waals surface area contributed by atoms with Gasteiger partial charge in [0, 0.05) is 12.8 Å². The van der Waals surface area contributed by atoms with Crippen LogP contribution in [-0.4, -0.2) is 25.8 Å². The van der Waals surface area contributed by atoms with Crippen molar-refractivity contribution in [2.24, 2.45) is 0 Å². The van der Waals surface area contributed by atoms with Crippen LogP contribution in [0.4, 0.5) is 5.69 Å². The van der Waals surface area contributed by atoms with Crippen LogP contribution < -0.4 is 5.73 Å². The largest absolute Gasteiger partial charge is 0.457 e. The second-order valence-electron chi connectivity index (χ2n) is 3.30. The minimum Gasteiger partial charge on any atom is -0.457 e. The highest BCUT2D eigenvalue weighted by atomic mass is 16.6. The zero-order valence-electron chi connectivity index (χ0n) is 8.90. The van der Waals surface area contributed by atoms with Crippen molar-refractivity contribution in [3.8, 4) is 0 Å². The van der Waals surface area contributed by atoms with Crippen molar-refractivity contribution < 1.29 is 14.3 Å². The fourth-order valence-electron chi connectivity index (χ4n) is 1.19. The number of anilines is 1. The van der Waals surface area contributed by atoms with E-state index in [1.807, 2.05) is 0 Å². The number of nitrogens with two attached hydrogens (primary N) is 1. The second-order valence-corrected chi connectivity index (χ2v) is 3.30. The Morgan fingerprint density at radius 2 is 2.27 bits per heavy atom. The van der Waals surface area contributed by atoms with E-state index in [4.69, 9.17) is 15.2 Å². The van der Waals surface area contributed by atoms with Gasteiger partial charge in [-0.1, -0.05) is 6.07 Å². The minimum absolute atomic E-state index is 0.260. The van der Waals surface area contributed by atoms with Crippen LogP contribution in [-0.2, 0) is 9.47 Å². The quantitative estimate of drug-likeness (QED) is 0.602. The maximum atomic E-state index is 11.5. The van der Waals surface area contributed by atoms with E-state index in [0.717, 1.165) is 0 Å². The van der Waals surface area contributed by atoms with E-state index < -0.39 is 0 Å². The fraction of sp³-hybridized carbons (Fsp3) is 0.364. The van der Waals surface area contributed by atoms with Gasteiger partial charge >= 0.3 is 5.97 Å². The summed E-state index contributed by atoms with van der Waals surface area (Å²) in [4.78, 5) is 11.5. The lowest BCUT2D eigenvalue weighted by Crippen LogP contribution is -2.19. The van der Waals surface area contributed by atoms with Crippen molar-refractivity contribution in [2.75, 3.05) is 19.5 Å². The lowest BCUT2D eigenvalue weighted by Gasteiger charge is -2.12. The van der Waals surface area contributed by atoms with Gasteiger partial charge in [-0.25, -0.2) is 4.79 Å². The van der Waals surface area contributed by atoms with Gasteiger partial charge in [0.1, 0.15) is 6.10 Å². The summed E-state index contributed by atoms with van der Waals surface area (Å²) in [6.07, 6.45) is -0.260. The highest BCUT2D eigenvalue weighted by Crippen LogP contribution is 2.09.